The van der Waals surface area contributed by atoms with Crippen LogP contribution in [0, 0.1) is 10.8 Å². The van der Waals surface area contributed by atoms with E-state index in [2.05, 4.69) is 5.18 Å². The predicted molar refractivity (Wildman–Crippen MR) is 84.7 cm³/mol. The molecule has 0 atom stereocenters. The van der Waals surface area contributed by atoms with Gasteiger partial charge in [0.15, 0.2) is 0 Å². The summed E-state index contributed by atoms with van der Waals surface area (Å²) in [6.45, 7) is 0. The molecule has 6 heteroatoms. The lowest BCUT2D eigenvalue weighted by Crippen LogP contribution is -2.28. The molecule has 1 aliphatic rings. The Bertz CT molecular complexity index is 586. The van der Waals surface area contributed by atoms with Gasteiger partial charge in [-0.1, -0.05) is 12.1 Å². The molecule has 1 aromatic rings. The van der Waals surface area contributed by atoms with Crippen LogP contribution in [-0.4, -0.2) is 25.1 Å². The number of nitroso groups, excluding NO2 is 1. The summed E-state index contributed by atoms with van der Waals surface area (Å²) >= 11 is 0. The number of hydrogen-bond donors (Lipinski definition) is 0. The van der Waals surface area contributed by atoms with E-state index in [4.69, 9.17) is 9.47 Å². The van der Waals surface area contributed by atoms with E-state index in [-0.39, 0.29) is 18.0 Å². The molecule has 0 saturated heterocycles. The van der Waals surface area contributed by atoms with E-state index in [1.54, 1.807) is 31.4 Å². The Morgan fingerprint density at radius 2 is 1.78 bits per heavy atom. The van der Waals surface area contributed by atoms with Gasteiger partial charge in [0.2, 0.25) is 0 Å². The molecular weight excluding hydrogens is 298 g/mol. The van der Waals surface area contributed by atoms with Crippen molar-refractivity contribution >= 4 is 18.0 Å². The van der Waals surface area contributed by atoms with Crippen molar-refractivity contribution in [1.82, 2.24) is 0 Å². The van der Waals surface area contributed by atoms with Gasteiger partial charge in [-0.2, -0.15) is 0 Å². The molecule has 2 rings (SSSR count). The van der Waals surface area contributed by atoms with Gasteiger partial charge in [-0.05, 0) is 49.5 Å². The Morgan fingerprint density at radius 3 is 2.35 bits per heavy atom. The van der Waals surface area contributed by atoms with Gasteiger partial charge in [0, 0.05) is 18.4 Å². The molecule has 1 saturated carbocycles. The highest BCUT2D eigenvalue weighted by Gasteiger charge is 2.27. The van der Waals surface area contributed by atoms with Gasteiger partial charge in [-0.15, -0.1) is 4.91 Å². The quantitative estimate of drug-likeness (QED) is 0.361. The fourth-order valence-corrected chi connectivity index (χ4v) is 2.58. The first-order valence-electron chi connectivity index (χ1n) is 7.52. The van der Waals surface area contributed by atoms with E-state index in [0.717, 1.165) is 31.8 Å². The van der Waals surface area contributed by atoms with Gasteiger partial charge in [-0.25, -0.2) is 0 Å². The number of carbonyl (C=O) groups excluding carboxylic acids is 2. The summed E-state index contributed by atoms with van der Waals surface area (Å²) in [5.74, 6) is -0.687. The molecule has 0 bridgehead atoms. The molecule has 122 valence electrons. The van der Waals surface area contributed by atoms with Crippen molar-refractivity contribution in [2.45, 2.75) is 31.8 Å². The Kier molecular flexibility index (Phi) is 6.17. The number of amides is 1. The lowest BCUT2D eigenvalue weighted by Gasteiger charge is -2.26. The van der Waals surface area contributed by atoms with Gasteiger partial charge in [-0.3, -0.25) is 9.59 Å². The van der Waals surface area contributed by atoms with Crippen LogP contribution in [0.25, 0.3) is 6.08 Å². The molecule has 1 aromatic carbocycles. The van der Waals surface area contributed by atoms with Crippen molar-refractivity contribution in [3.63, 3.8) is 0 Å². The SMILES string of the molecule is COC1CCC(C(=O)Oc2ccc(/C=C/C(=O)N=O)cc2)CC1. The van der Waals surface area contributed by atoms with E-state index in [9.17, 15) is 14.5 Å². The van der Waals surface area contributed by atoms with Crippen LogP contribution >= 0.6 is 0 Å². The summed E-state index contributed by atoms with van der Waals surface area (Å²) in [5.41, 5.74) is 0.711. The summed E-state index contributed by atoms with van der Waals surface area (Å²) in [6.07, 6.45) is 6.10. The average Bonchev–Trinajstić information content (AvgIpc) is 2.60. The van der Waals surface area contributed by atoms with Crippen molar-refractivity contribution in [1.29, 1.82) is 0 Å². The monoisotopic (exact) mass is 317 g/mol. The van der Waals surface area contributed by atoms with Crippen LogP contribution in [0.15, 0.2) is 35.5 Å². The minimum atomic E-state index is -0.841. The molecule has 1 amide bonds. The van der Waals surface area contributed by atoms with Crippen LogP contribution in [0.1, 0.15) is 31.2 Å². The smallest absolute Gasteiger partial charge is 0.314 e. The number of ether oxygens (including phenoxy) is 2. The largest absolute Gasteiger partial charge is 0.426 e. The standard InChI is InChI=1S/C17H19NO5/c1-22-14-9-5-13(6-10-14)17(20)23-15-7-2-12(3-8-15)4-11-16(19)18-21/h2-4,7-8,11,13-14H,5-6,9-10H2,1H3/b11-4+. The van der Waals surface area contributed by atoms with Gasteiger partial charge in [0.25, 0.3) is 0 Å². The Hall–Kier alpha value is -2.34. The molecular formula is C17H19NO5. The Balaban J connectivity index is 1.88. The number of methoxy groups -OCH3 is 1. The maximum Gasteiger partial charge on any atom is 0.314 e. The minimum absolute atomic E-state index is 0.0859. The van der Waals surface area contributed by atoms with Crippen LogP contribution in [0.5, 0.6) is 5.75 Å². The van der Waals surface area contributed by atoms with E-state index >= 15 is 0 Å². The van der Waals surface area contributed by atoms with Crippen molar-refractivity contribution in [3.05, 3.63) is 40.8 Å². The summed E-state index contributed by atoms with van der Waals surface area (Å²) in [6, 6.07) is 6.69. The third-order valence-corrected chi connectivity index (χ3v) is 3.95. The highest BCUT2D eigenvalue weighted by molar-refractivity contribution is 5.92. The van der Waals surface area contributed by atoms with Gasteiger partial charge in [0.1, 0.15) is 5.75 Å². The molecule has 0 N–H and O–H groups in total. The maximum absolute atomic E-state index is 12.1. The lowest BCUT2D eigenvalue weighted by atomic mass is 9.87. The van der Waals surface area contributed by atoms with E-state index < -0.39 is 5.91 Å². The van der Waals surface area contributed by atoms with Crippen LogP contribution in [0.4, 0.5) is 0 Å². The Morgan fingerprint density at radius 1 is 1.13 bits per heavy atom. The normalized spacial score (nSPS) is 21.1. The van der Waals surface area contributed by atoms with E-state index in [1.165, 1.54) is 6.08 Å². The van der Waals surface area contributed by atoms with E-state index in [0.29, 0.717) is 11.3 Å². The van der Waals surface area contributed by atoms with Crippen molar-refractivity contribution in [2.75, 3.05) is 7.11 Å². The minimum Gasteiger partial charge on any atom is -0.426 e. The molecule has 0 heterocycles. The zero-order valence-corrected chi connectivity index (χ0v) is 12.9. The third-order valence-electron chi connectivity index (χ3n) is 3.95. The second kappa shape index (κ2) is 8.33. The number of carbonyl (C=O) groups is 2. The summed E-state index contributed by atoms with van der Waals surface area (Å²) in [7, 11) is 1.69. The number of nitrogens with zero attached hydrogens (tertiary/aromatic N) is 1. The Labute approximate surface area is 134 Å². The lowest BCUT2D eigenvalue weighted by molar-refractivity contribution is -0.140. The maximum atomic E-state index is 12.1. The highest BCUT2D eigenvalue weighted by atomic mass is 16.5. The molecule has 6 nitrogen and oxygen atoms in total. The van der Waals surface area contributed by atoms with Crippen molar-refractivity contribution in [3.8, 4) is 5.75 Å². The first-order chi connectivity index (χ1) is 11.1. The third kappa shape index (κ3) is 5.10. The first-order valence-corrected chi connectivity index (χ1v) is 7.52. The summed E-state index contributed by atoms with van der Waals surface area (Å²) in [5, 5.41) is 2.27. The zero-order valence-electron chi connectivity index (χ0n) is 12.9. The molecule has 1 aliphatic carbocycles. The van der Waals surface area contributed by atoms with Crippen LogP contribution in [0.3, 0.4) is 0 Å². The summed E-state index contributed by atoms with van der Waals surface area (Å²) < 4.78 is 10.7. The van der Waals surface area contributed by atoms with Crippen LogP contribution in [0.2, 0.25) is 0 Å². The van der Waals surface area contributed by atoms with Crippen molar-refractivity contribution in [2.24, 2.45) is 11.1 Å². The van der Waals surface area contributed by atoms with E-state index in [1.807, 2.05) is 0 Å². The second-order valence-corrected chi connectivity index (χ2v) is 5.46. The molecule has 0 aromatic heterocycles. The fourth-order valence-electron chi connectivity index (χ4n) is 2.58. The van der Waals surface area contributed by atoms with Gasteiger partial charge < -0.3 is 9.47 Å². The molecule has 23 heavy (non-hydrogen) atoms. The van der Waals surface area contributed by atoms with Crippen LogP contribution in [-0.2, 0) is 14.3 Å². The molecule has 1 fully saturated rings. The number of hydrogen-bond acceptors (Lipinski definition) is 5. The number of esters is 1. The van der Waals surface area contributed by atoms with Gasteiger partial charge in [0.05, 0.1) is 12.0 Å². The topological polar surface area (TPSA) is 82.0 Å². The second-order valence-electron chi connectivity index (χ2n) is 5.46. The predicted octanol–water partition coefficient (Wildman–Crippen LogP) is 3.10. The zero-order chi connectivity index (χ0) is 16.7. The van der Waals surface area contributed by atoms with Crippen molar-refractivity contribution < 1.29 is 19.1 Å². The molecule has 0 aliphatic heterocycles. The van der Waals surface area contributed by atoms with Gasteiger partial charge >= 0.3 is 11.9 Å². The molecule has 0 radical (unpaired) electrons. The molecule has 0 spiro atoms. The molecule has 0 unspecified atom stereocenters. The fraction of sp³-hybridized carbons (Fsp3) is 0.412. The number of rotatable bonds is 5. The summed E-state index contributed by atoms with van der Waals surface area (Å²) in [4.78, 5) is 32.9. The average molecular weight is 317 g/mol. The van der Waals surface area contributed by atoms with Crippen LogP contribution < -0.4 is 4.74 Å². The highest BCUT2D eigenvalue weighted by Crippen LogP contribution is 2.27. The number of benzene rings is 1. The first kappa shape index (κ1) is 17.0.